The number of hydrogen-bond acceptors (Lipinski definition) is 1. The molecule has 1 heteroatoms. The van der Waals surface area contributed by atoms with Crippen molar-refractivity contribution in [2.75, 3.05) is 0 Å². The van der Waals surface area contributed by atoms with Gasteiger partial charge >= 0.3 is 0 Å². The van der Waals surface area contributed by atoms with Crippen molar-refractivity contribution >= 4 is 21.5 Å². The lowest BCUT2D eigenvalue weighted by atomic mass is 9.95. The summed E-state index contributed by atoms with van der Waals surface area (Å²) in [5, 5.41) is 4.44. The third-order valence-corrected chi connectivity index (χ3v) is 5.30. The topological polar surface area (TPSA) is 9.23 Å². The number of aryl methyl sites for hydroxylation is 1. The van der Waals surface area contributed by atoms with Crippen LogP contribution in [0.2, 0.25) is 0 Å². The summed E-state index contributed by atoms with van der Waals surface area (Å²) in [4.78, 5) is 0. The first-order valence-corrected chi connectivity index (χ1v) is 10.3. The maximum atomic E-state index is 6.01. The second-order valence-electron chi connectivity index (χ2n) is 7.36. The molecular formula is C30H22O. The summed E-state index contributed by atoms with van der Waals surface area (Å²) in [6.07, 6.45) is 12.2. The van der Waals surface area contributed by atoms with Gasteiger partial charge in [0.15, 0.2) is 6.10 Å². The van der Waals surface area contributed by atoms with Gasteiger partial charge in [0.1, 0.15) is 5.75 Å². The second-order valence-corrected chi connectivity index (χ2v) is 7.36. The van der Waals surface area contributed by atoms with Crippen LogP contribution in [0.1, 0.15) is 30.0 Å². The Morgan fingerprint density at radius 2 is 1.39 bits per heavy atom. The lowest BCUT2D eigenvalue weighted by molar-refractivity contribution is 0.278. The Morgan fingerprint density at radius 3 is 2.06 bits per heavy atom. The smallest absolute Gasteiger partial charge is 0.156 e. The molecule has 0 saturated heterocycles. The molecule has 4 aromatic rings. The SMILES string of the molecule is C#CCCc1ccc2ccccc2c1C#Cc1c(O[C@@H](C)C#C)ccc2ccccc12. The fourth-order valence-electron chi connectivity index (χ4n) is 3.71. The van der Waals surface area contributed by atoms with Crippen LogP contribution in [0.3, 0.4) is 0 Å². The van der Waals surface area contributed by atoms with E-state index in [1.54, 1.807) is 0 Å². The predicted octanol–water partition coefficient (Wildman–Crippen LogP) is 6.36. The Balaban J connectivity index is 1.93. The normalized spacial score (nSPS) is 11.2. The molecule has 0 aliphatic carbocycles. The second kappa shape index (κ2) is 9.13. The van der Waals surface area contributed by atoms with Gasteiger partial charge in [-0.15, -0.1) is 18.8 Å². The molecule has 0 unspecified atom stereocenters. The third-order valence-electron chi connectivity index (χ3n) is 5.30. The molecule has 0 fully saturated rings. The molecule has 1 atom stereocenters. The Kier molecular flexibility index (Phi) is 5.94. The lowest BCUT2D eigenvalue weighted by Crippen LogP contribution is -2.09. The van der Waals surface area contributed by atoms with Gasteiger partial charge in [0.05, 0.1) is 5.56 Å². The zero-order valence-electron chi connectivity index (χ0n) is 17.5. The first kappa shape index (κ1) is 20.2. The molecule has 4 rings (SSSR count). The lowest BCUT2D eigenvalue weighted by Gasteiger charge is -2.13. The number of hydrogen-bond donors (Lipinski definition) is 0. The van der Waals surface area contributed by atoms with Gasteiger partial charge in [-0.05, 0) is 41.1 Å². The Labute approximate surface area is 184 Å². The first-order valence-electron chi connectivity index (χ1n) is 10.3. The molecule has 1 nitrogen and oxygen atoms in total. The van der Waals surface area contributed by atoms with Gasteiger partial charge in [0.25, 0.3) is 0 Å². The molecular weight excluding hydrogens is 376 g/mol. The van der Waals surface area contributed by atoms with Crippen LogP contribution in [0.15, 0.2) is 72.8 Å². The summed E-state index contributed by atoms with van der Waals surface area (Å²) in [6.45, 7) is 1.86. The molecule has 0 N–H and O–H groups in total. The van der Waals surface area contributed by atoms with Crippen molar-refractivity contribution in [2.24, 2.45) is 0 Å². The highest BCUT2D eigenvalue weighted by atomic mass is 16.5. The van der Waals surface area contributed by atoms with Crippen LogP contribution >= 0.6 is 0 Å². The van der Waals surface area contributed by atoms with Gasteiger partial charge in [-0.3, -0.25) is 0 Å². The number of ether oxygens (including phenoxy) is 1. The van der Waals surface area contributed by atoms with E-state index in [0.717, 1.165) is 44.7 Å². The molecule has 0 saturated carbocycles. The summed E-state index contributed by atoms with van der Waals surface area (Å²) >= 11 is 0. The highest BCUT2D eigenvalue weighted by molar-refractivity contribution is 5.92. The van der Waals surface area contributed by atoms with Crippen molar-refractivity contribution in [3.8, 4) is 42.3 Å². The fraction of sp³-hybridized carbons (Fsp3) is 0.133. The van der Waals surface area contributed by atoms with Gasteiger partial charge in [-0.1, -0.05) is 84.5 Å². The van der Waals surface area contributed by atoms with E-state index in [1.807, 2.05) is 43.3 Å². The highest BCUT2D eigenvalue weighted by Gasteiger charge is 2.10. The van der Waals surface area contributed by atoms with Crippen LogP contribution in [0, 0.1) is 36.5 Å². The Morgan fingerprint density at radius 1 is 0.774 bits per heavy atom. The monoisotopic (exact) mass is 398 g/mol. The number of terminal acetylenes is 2. The molecule has 4 aromatic carbocycles. The van der Waals surface area contributed by atoms with E-state index in [2.05, 4.69) is 60.1 Å². The molecule has 0 heterocycles. The molecule has 148 valence electrons. The summed E-state index contributed by atoms with van der Waals surface area (Å²) in [7, 11) is 0. The van der Waals surface area contributed by atoms with Gasteiger partial charge in [-0.25, -0.2) is 0 Å². The molecule has 0 aliphatic rings. The first-order chi connectivity index (χ1) is 15.2. The highest BCUT2D eigenvalue weighted by Crippen LogP contribution is 2.29. The predicted molar refractivity (Wildman–Crippen MR) is 130 cm³/mol. The van der Waals surface area contributed by atoms with E-state index in [1.165, 1.54) is 0 Å². The van der Waals surface area contributed by atoms with Crippen LogP contribution in [0.5, 0.6) is 5.75 Å². The number of fused-ring (bicyclic) bond motifs is 2. The van der Waals surface area contributed by atoms with E-state index in [9.17, 15) is 0 Å². The van der Waals surface area contributed by atoms with Gasteiger partial charge in [0.2, 0.25) is 0 Å². The molecule has 31 heavy (non-hydrogen) atoms. The zero-order chi connectivity index (χ0) is 21.6. The van der Waals surface area contributed by atoms with Crippen molar-refractivity contribution in [1.29, 1.82) is 0 Å². The van der Waals surface area contributed by atoms with Crippen molar-refractivity contribution in [2.45, 2.75) is 25.9 Å². The largest absolute Gasteiger partial charge is 0.477 e. The quantitative estimate of drug-likeness (QED) is 0.364. The van der Waals surface area contributed by atoms with Crippen LogP contribution in [0.4, 0.5) is 0 Å². The fourth-order valence-corrected chi connectivity index (χ4v) is 3.71. The van der Waals surface area contributed by atoms with E-state index in [-0.39, 0.29) is 6.10 Å². The average molecular weight is 399 g/mol. The zero-order valence-corrected chi connectivity index (χ0v) is 17.5. The minimum atomic E-state index is -0.342. The summed E-state index contributed by atoms with van der Waals surface area (Å²) < 4.78 is 6.01. The Hall–Kier alpha value is -4.12. The minimum absolute atomic E-state index is 0.342. The standard InChI is InChI=1S/C30H22O/c1-4-6-11-23-16-17-24-12-7-9-14-26(24)28(23)19-20-29-27-15-10-8-13-25(27)18-21-30(29)31-22(3)5-2/h1-2,7-10,12-18,21-22H,6,11H2,3H3/t22-/m0/s1. The summed E-state index contributed by atoms with van der Waals surface area (Å²) in [5.74, 6) is 12.9. The average Bonchev–Trinajstić information content (AvgIpc) is 2.82. The minimum Gasteiger partial charge on any atom is -0.477 e. The Bertz CT molecular complexity index is 1400. The van der Waals surface area contributed by atoms with Crippen LogP contribution < -0.4 is 4.74 Å². The van der Waals surface area contributed by atoms with Gasteiger partial charge in [0, 0.05) is 17.4 Å². The van der Waals surface area contributed by atoms with E-state index < -0.39 is 0 Å². The van der Waals surface area contributed by atoms with Crippen LogP contribution in [-0.4, -0.2) is 6.10 Å². The number of benzene rings is 4. The van der Waals surface area contributed by atoms with Gasteiger partial charge < -0.3 is 4.74 Å². The molecule has 0 spiro atoms. The van der Waals surface area contributed by atoms with Crippen molar-refractivity contribution in [3.63, 3.8) is 0 Å². The van der Waals surface area contributed by atoms with Gasteiger partial charge in [-0.2, -0.15) is 0 Å². The summed E-state index contributed by atoms with van der Waals surface area (Å²) in [6, 6.07) is 24.7. The molecule has 0 radical (unpaired) electrons. The van der Waals surface area contributed by atoms with Crippen LogP contribution in [0.25, 0.3) is 21.5 Å². The molecule has 0 aliphatic heterocycles. The van der Waals surface area contributed by atoms with Crippen LogP contribution in [-0.2, 0) is 6.42 Å². The van der Waals surface area contributed by atoms with Crippen molar-refractivity contribution in [3.05, 3.63) is 89.5 Å². The summed E-state index contributed by atoms with van der Waals surface area (Å²) in [5.41, 5.74) is 3.01. The van der Waals surface area contributed by atoms with Crippen molar-refractivity contribution in [1.82, 2.24) is 0 Å². The molecule has 0 bridgehead atoms. The maximum absolute atomic E-state index is 6.01. The molecule has 0 amide bonds. The maximum Gasteiger partial charge on any atom is 0.156 e. The third kappa shape index (κ3) is 4.26. The van der Waals surface area contributed by atoms with E-state index in [0.29, 0.717) is 12.2 Å². The van der Waals surface area contributed by atoms with E-state index >= 15 is 0 Å². The molecule has 0 aromatic heterocycles. The van der Waals surface area contributed by atoms with Crippen molar-refractivity contribution < 1.29 is 4.74 Å². The van der Waals surface area contributed by atoms with E-state index in [4.69, 9.17) is 17.6 Å². The number of rotatable bonds is 4.